The van der Waals surface area contributed by atoms with Gasteiger partial charge in [-0.15, -0.1) is 0 Å². The fourth-order valence-corrected chi connectivity index (χ4v) is 3.05. The molecule has 0 aliphatic carbocycles. The number of piperazine rings is 1. The fourth-order valence-electron chi connectivity index (χ4n) is 2.86. The number of halogens is 4. The quantitative estimate of drug-likeness (QED) is 0.814. The summed E-state index contributed by atoms with van der Waals surface area (Å²) in [5, 5.41) is 0.471. The van der Waals surface area contributed by atoms with Gasteiger partial charge >= 0.3 is 6.18 Å². The van der Waals surface area contributed by atoms with Crippen molar-refractivity contribution in [3.63, 3.8) is 0 Å². The van der Waals surface area contributed by atoms with Crippen LogP contribution in [0.15, 0.2) is 42.6 Å². The van der Waals surface area contributed by atoms with Crippen molar-refractivity contribution in [3.8, 4) is 0 Å². The number of H-pyrrole nitrogens is 1. The third kappa shape index (κ3) is 3.87. The van der Waals surface area contributed by atoms with Crippen molar-refractivity contribution in [2.75, 3.05) is 31.1 Å². The first-order valence-corrected chi connectivity index (χ1v) is 8.12. The first-order valence-electron chi connectivity index (χ1n) is 7.74. The molecule has 1 aromatic heterocycles. The molecule has 8 heteroatoms. The van der Waals surface area contributed by atoms with E-state index in [2.05, 4.69) is 4.98 Å². The molecule has 1 fully saturated rings. The number of alkyl halides is 3. The van der Waals surface area contributed by atoms with Crippen molar-refractivity contribution in [1.29, 1.82) is 0 Å². The predicted octanol–water partition coefficient (Wildman–Crippen LogP) is 3.14. The van der Waals surface area contributed by atoms with Crippen LogP contribution >= 0.6 is 11.6 Å². The number of aromatic amines is 1. The van der Waals surface area contributed by atoms with Crippen LogP contribution in [0.5, 0.6) is 0 Å². The van der Waals surface area contributed by atoms with Crippen LogP contribution in [-0.4, -0.2) is 37.0 Å². The largest absolute Gasteiger partial charge is 0.424 e. The minimum Gasteiger partial charge on any atom is -0.331 e. The van der Waals surface area contributed by atoms with Crippen LogP contribution in [0.2, 0.25) is 5.02 Å². The van der Waals surface area contributed by atoms with E-state index >= 15 is 0 Å². The number of nitrogens with one attached hydrogen (secondary N) is 1. The van der Waals surface area contributed by atoms with Crippen LogP contribution in [0.3, 0.4) is 0 Å². The fraction of sp³-hybridized carbons (Fsp3) is 0.294. The minimum atomic E-state index is -4.43. The molecular weight excluding hydrogens is 355 g/mol. The van der Waals surface area contributed by atoms with Gasteiger partial charge in [0.2, 0.25) is 0 Å². The maximum absolute atomic E-state index is 13.1. The first-order chi connectivity index (χ1) is 11.9. The van der Waals surface area contributed by atoms with Crippen molar-refractivity contribution in [2.24, 2.45) is 0 Å². The van der Waals surface area contributed by atoms with Crippen LogP contribution in [0.25, 0.3) is 0 Å². The topological polar surface area (TPSA) is 37.7 Å². The zero-order chi connectivity index (χ0) is 18.0. The number of carbonyl (C=O) groups excluding carboxylic acids is 1. The van der Waals surface area contributed by atoms with Crippen molar-refractivity contribution in [2.45, 2.75) is 6.18 Å². The molecule has 4 nitrogen and oxygen atoms in total. The van der Waals surface area contributed by atoms with E-state index < -0.39 is 11.7 Å². The van der Waals surface area contributed by atoms with Crippen LogP contribution < -0.4 is 9.88 Å². The van der Waals surface area contributed by atoms with Gasteiger partial charge in [0, 0.05) is 10.6 Å². The molecule has 132 valence electrons. The van der Waals surface area contributed by atoms with Crippen molar-refractivity contribution < 1.29 is 22.9 Å². The number of rotatable bonds is 2. The highest BCUT2D eigenvalue weighted by atomic mass is 35.5. The SMILES string of the molecule is O=C(c1cccc(Cl)c1)N1CCN(c2[nH+]cccc2C(F)(F)F)CC1. The molecule has 0 spiro atoms. The second-order valence-corrected chi connectivity index (χ2v) is 6.16. The molecule has 1 aromatic carbocycles. The summed E-state index contributed by atoms with van der Waals surface area (Å²) >= 11 is 5.90. The van der Waals surface area contributed by atoms with E-state index in [0.29, 0.717) is 36.8 Å². The Hall–Kier alpha value is -2.28. The highest BCUT2D eigenvalue weighted by molar-refractivity contribution is 6.30. The molecule has 25 heavy (non-hydrogen) atoms. The number of aromatic nitrogens is 1. The minimum absolute atomic E-state index is 0.0323. The van der Waals surface area contributed by atoms with E-state index in [9.17, 15) is 18.0 Å². The lowest BCUT2D eigenvalue weighted by Gasteiger charge is -2.31. The summed E-state index contributed by atoms with van der Waals surface area (Å²) in [5.74, 6) is -0.139. The van der Waals surface area contributed by atoms with Gasteiger partial charge in [-0.05, 0) is 30.3 Å². The van der Waals surface area contributed by atoms with Crippen LogP contribution in [-0.2, 0) is 6.18 Å². The molecule has 1 aliphatic heterocycles. The van der Waals surface area contributed by atoms with Crippen LogP contribution in [0.4, 0.5) is 19.0 Å². The molecule has 2 heterocycles. The van der Waals surface area contributed by atoms with Gasteiger partial charge in [-0.1, -0.05) is 17.7 Å². The number of carbonyl (C=O) groups is 1. The summed E-state index contributed by atoms with van der Waals surface area (Å²) in [7, 11) is 0. The lowest BCUT2D eigenvalue weighted by atomic mass is 10.1. The van der Waals surface area contributed by atoms with Gasteiger partial charge < -0.3 is 4.90 Å². The summed E-state index contributed by atoms with van der Waals surface area (Å²) in [5.41, 5.74) is -0.229. The Kier molecular flexibility index (Phi) is 4.85. The van der Waals surface area contributed by atoms with Crippen molar-refractivity contribution in [3.05, 3.63) is 58.7 Å². The standard InChI is InChI=1S/C17H15ClF3N3O/c18-13-4-1-3-12(11-13)16(25)24-9-7-23(8-10-24)15-14(17(19,20)21)5-2-6-22-15/h1-6,11H,7-10H2/p+1. The predicted molar refractivity (Wildman–Crippen MR) is 87.6 cm³/mol. The number of nitrogens with zero attached hydrogens (tertiary/aromatic N) is 2. The summed E-state index contributed by atoms with van der Waals surface area (Å²) in [6, 6.07) is 9.01. The molecule has 1 amide bonds. The van der Waals surface area contributed by atoms with E-state index in [4.69, 9.17) is 11.6 Å². The zero-order valence-electron chi connectivity index (χ0n) is 13.2. The van der Waals surface area contributed by atoms with E-state index in [1.54, 1.807) is 34.1 Å². The maximum Gasteiger partial charge on any atom is 0.424 e. The van der Waals surface area contributed by atoms with Crippen molar-refractivity contribution >= 4 is 23.3 Å². The van der Waals surface area contributed by atoms with Gasteiger partial charge in [0.1, 0.15) is 18.7 Å². The molecule has 1 N–H and O–H groups in total. The summed E-state index contributed by atoms with van der Waals surface area (Å²) < 4.78 is 39.4. The average molecular weight is 371 g/mol. The van der Waals surface area contributed by atoms with Gasteiger partial charge in [0.15, 0.2) is 0 Å². The summed E-state index contributed by atoms with van der Waals surface area (Å²) in [6.07, 6.45) is -2.96. The molecule has 1 aliphatic rings. The van der Waals surface area contributed by atoms with Gasteiger partial charge in [0.05, 0.1) is 19.3 Å². The van der Waals surface area contributed by atoms with Gasteiger partial charge in [-0.3, -0.25) is 9.69 Å². The molecule has 0 saturated carbocycles. The number of amides is 1. The van der Waals surface area contributed by atoms with Gasteiger partial charge in [-0.2, -0.15) is 13.2 Å². The van der Waals surface area contributed by atoms with Gasteiger partial charge in [-0.25, -0.2) is 4.98 Å². The number of benzene rings is 1. The third-order valence-corrected chi connectivity index (χ3v) is 4.33. The molecular formula is C17H16ClF3N3O+. The van der Waals surface area contributed by atoms with Crippen LogP contribution in [0.1, 0.15) is 15.9 Å². The number of hydrogen-bond acceptors (Lipinski definition) is 2. The molecule has 0 unspecified atom stereocenters. The van der Waals surface area contributed by atoms with Gasteiger partial charge in [0.25, 0.3) is 11.7 Å². The number of hydrogen-bond donors (Lipinski definition) is 0. The zero-order valence-corrected chi connectivity index (χ0v) is 13.9. The van der Waals surface area contributed by atoms with Crippen molar-refractivity contribution in [1.82, 2.24) is 4.90 Å². The highest BCUT2D eigenvalue weighted by Gasteiger charge is 2.40. The Bertz CT molecular complexity index is 774. The molecule has 2 aromatic rings. The van der Waals surface area contributed by atoms with Crippen LogP contribution in [0, 0.1) is 0 Å². The Balaban J connectivity index is 1.72. The average Bonchev–Trinajstić information content (AvgIpc) is 2.60. The third-order valence-electron chi connectivity index (χ3n) is 4.09. The normalized spacial score (nSPS) is 15.4. The van der Waals surface area contributed by atoms with E-state index in [-0.39, 0.29) is 11.7 Å². The molecule has 0 atom stereocenters. The molecule has 3 rings (SSSR count). The Morgan fingerprint density at radius 1 is 1.08 bits per heavy atom. The molecule has 0 bridgehead atoms. The second kappa shape index (κ2) is 6.92. The van der Waals surface area contributed by atoms with E-state index in [1.807, 2.05) is 0 Å². The highest BCUT2D eigenvalue weighted by Crippen LogP contribution is 2.34. The smallest absolute Gasteiger partial charge is 0.331 e. The van der Waals surface area contributed by atoms with E-state index in [0.717, 1.165) is 6.07 Å². The Morgan fingerprint density at radius 3 is 2.44 bits per heavy atom. The lowest BCUT2D eigenvalue weighted by Crippen LogP contribution is -2.50. The summed E-state index contributed by atoms with van der Waals surface area (Å²) in [4.78, 5) is 18.4. The molecule has 0 radical (unpaired) electrons. The maximum atomic E-state index is 13.1. The Morgan fingerprint density at radius 2 is 1.80 bits per heavy atom. The van der Waals surface area contributed by atoms with E-state index in [1.165, 1.54) is 12.3 Å². The lowest BCUT2D eigenvalue weighted by molar-refractivity contribution is -0.367. The second-order valence-electron chi connectivity index (χ2n) is 5.72. The number of anilines is 1. The first kappa shape index (κ1) is 17.5. The molecule has 1 saturated heterocycles. The Labute approximate surface area is 147 Å². The number of pyridine rings is 1. The summed E-state index contributed by atoms with van der Waals surface area (Å²) in [6.45, 7) is 1.31. The monoisotopic (exact) mass is 370 g/mol.